The summed E-state index contributed by atoms with van der Waals surface area (Å²) in [5.41, 5.74) is 0.580. The molecule has 0 bridgehead atoms. The lowest BCUT2D eigenvalue weighted by Crippen LogP contribution is -2.60. The number of hydrogen-bond donors (Lipinski definition) is 0. The Morgan fingerprint density at radius 1 is 1.19 bits per heavy atom. The number of ether oxygens (including phenoxy) is 2. The van der Waals surface area contributed by atoms with Gasteiger partial charge in [-0.3, -0.25) is 9.69 Å². The topological polar surface area (TPSA) is 42.0 Å². The largest absolute Gasteiger partial charge is 0.494 e. The predicted molar refractivity (Wildman–Crippen MR) is 102 cm³/mol. The van der Waals surface area contributed by atoms with Crippen LogP contribution in [-0.4, -0.2) is 60.2 Å². The lowest BCUT2D eigenvalue weighted by atomic mass is 9.93. The van der Waals surface area contributed by atoms with Crippen molar-refractivity contribution < 1.29 is 14.3 Å². The molecule has 1 spiro atoms. The van der Waals surface area contributed by atoms with Gasteiger partial charge in [0.1, 0.15) is 5.75 Å². The maximum absolute atomic E-state index is 13.2. The Kier molecular flexibility index (Phi) is 6.20. The molecular formula is C21H32N2O3. The first kappa shape index (κ1) is 19.2. The molecule has 5 nitrogen and oxygen atoms in total. The summed E-state index contributed by atoms with van der Waals surface area (Å²) in [6, 6.07) is 8.49. The third-order valence-corrected chi connectivity index (χ3v) is 5.41. The molecule has 144 valence electrons. The number of likely N-dealkylation sites (tertiary alicyclic amines) is 1. The second kappa shape index (κ2) is 8.40. The monoisotopic (exact) mass is 360 g/mol. The average molecular weight is 360 g/mol. The molecule has 2 heterocycles. The molecule has 2 saturated heterocycles. The minimum Gasteiger partial charge on any atom is -0.494 e. The van der Waals surface area contributed by atoms with E-state index in [0.717, 1.165) is 44.6 Å². The molecule has 3 rings (SSSR count). The zero-order chi connectivity index (χ0) is 18.6. The summed E-state index contributed by atoms with van der Waals surface area (Å²) in [6.45, 7) is 10.7. The molecule has 0 aliphatic carbocycles. The Morgan fingerprint density at radius 3 is 2.65 bits per heavy atom. The Morgan fingerprint density at radius 2 is 1.96 bits per heavy atom. The van der Waals surface area contributed by atoms with E-state index in [1.165, 1.54) is 5.56 Å². The summed E-state index contributed by atoms with van der Waals surface area (Å²) in [5.74, 6) is 1.09. The second-order valence-corrected chi connectivity index (χ2v) is 7.68. The van der Waals surface area contributed by atoms with Gasteiger partial charge in [0, 0.05) is 32.2 Å². The number of amides is 1. The van der Waals surface area contributed by atoms with Crippen LogP contribution in [0.5, 0.6) is 5.75 Å². The van der Waals surface area contributed by atoms with Gasteiger partial charge in [-0.1, -0.05) is 12.1 Å². The van der Waals surface area contributed by atoms with E-state index in [9.17, 15) is 4.79 Å². The summed E-state index contributed by atoms with van der Waals surface area (Å²) < 4.78 is 11.7. The highest BCUT2D eigenvalue weighted by Crippen LogP contribution is 2.31. The molecule has 5 heteroatoms. The minimum atomic E-state index is -0.662. The van der Waals surface area contributed by atoms with E-state index in [4.69, 9.17) is 9.47 Å². The summed E-state index contributed by atoms with van der Waals surface area (Å²) in [6.07, 6.45) is 2.94. The molecule has 1 unspecified atom stereocenters. The summed E-state index contributed by atoms with van der Waals surface area (Å²) in [5, 5.41) is 0. The van der Waals surface area contributed by atoms with Crippen LogP contribution in [0.3, 0.4) is 0 Å². The number of rotatable bonds is 5. The number of benzene rings is 1. The molecule has 1 amide bonds. The lowest BCUT2D eigenvalue weighted by Gasteiger charge is -2.43. The van der Waals surface area contributed by atoms with Crippen LogP contribution in [0, 0.1) is 0 Å². The first-order chi connectivity index (χ1) is 12.5. The van der Waals surface area contributed by atoms with E-state index >= 15 is 0 Å². The van der Waals surface area contributed by atoms with Gasteiger partial charge in [-0.15, -0.1) is 0 Å². The number of morpholine rings is 1. The Hall–Kier alpha value is -1.59. The van der Waals surface area contributed by atoms with Gasteiger partial charge in [0.05, 0.1) is 13.2 Å². The van der Waals surface area contributed by atoms with Gasteiger partial charge in [0.2, 0.25) is 0 Å². The number of carbonyl (C=O) groups excluding carboxylic acids is 1. The molecule has 0 saturated carbocycles. The molecule has 0 aromatic heterocycles. The average Bonchev–Trinajstić information content (AvgIpc) is 2.77. The van der Waals surface area contributed by atoms with Gasteiger partial charge in [-0.2, -0.15) is 0 Å². The maximum atomic E-state index is 13.2. The van der Waals surface area contributed by atoms with E-state index in [0.29, 0.717) is 19.8 Å². The van der Waals surface area contributed by atoms with Crippen molar-refractivity contribution in [2.24, 2.45) is 0 Å². The van der Waals surface area contributed by atoms with E-state index in [1.807, 2.05) is 24.0 Å². The number of nitrogens with zero attached hydrogens (tertiary/aromatic N) is 2. The molecule has 1 aromatic rings. The van der Waals surface area contributed by atoms with Crippen LogP contribution in [0.2, 0.25) is 0 Å². The molecule has 26 heavy (non-hydrogen) atoms. The maximum Gasteiger partial charge on any atom is 0.256 e. The molecule has 2 aliphatic rings. The predicted octanol–water partition coefficient (Wildman–Crippen LogP) is 3.08. The minimum absolute atomic E-state index is 0.182. The number of hydrogen-bond acceptors (Lipinski definition) is 4. The van der Waals surface area contributed by atoms with Crippen LogP contribution in [0.4, 0.5) is 0 Å². The third kappa shape index (κ3) is 4.21. The van der Waals surface area contributed by atoms with Gasteiger partial charge >= 0.3 is 0 Å². The Labute approximate surface area is 157 Å². The quantitative estimate of drug-likeness (QED) is 0.809. The first-order valence-corrected chi connectivity index (χ1v) is 9.93. The molecule has 2 fully saturated rings. The molecule has 0 N–H and O–H groups in total. The smallest absolute Gasteiger partial charge is 0.256 e. The van der Waals surface area contributed by atoms with Crippen molar-refractivity contribution in [1.29, 1.82) is 0 Å². The highest BCUT2D eigenvalue weighted by molar-refractivity contribution is 5.86. The van der Waals surface area contributed by atoms with Crippen molar-refractivity contribution in [3.8, 4) is 5.75 Å². The highest BCUT2D eigenvalue weighted by atomic mass is 16.5. The zero-order valence-electron chi connectivity index (χ0n) is 16.4. The van der Waals surface area contributed by atoms with Crippen LogP contribution >= 0.6 is 0 Å². The van der Waals surface area contributed by atoms with Crippen molar-refractivity contribution in [2.45, 2.75) is 58.2 Å². The van der Waals surface area contributed by atoms with Crippen LogP contribution in [0.25, 0.3) is 0 Å². The van der Waals surface area contributed by atoms with Gasteiger partial charge in [-0.05, 0) is 57.7 Å². The van der Waals surface area contributed by atoms with Crippen molar-refractivity contribution in [1.82, 2.24) is 9.80 Å². The SMILES string of the molecule is CCOc1ccc(CN2CCOC3(CCCCN(C(C)C)C3=O)C2)cc1. The lowest BCUT2D eigenvalue weighted by molar-refractivity contribution is -0.172. The van der Waals surface area contributed by atoms with Crippen molar-refractivity contribution in [2.75, 3.05) is 32.8 Å². The fourth-order valence-electron chi connectivity index (χ4n) is 4.04. The first-order valence-electron chi connectivity index (χ1n) is 9.93. The van der Waals surface area contributed by atoms with Gasteiger partial charge in [-0.25, -0.2) is 0 Å². The van der Waals surface area contributed by atoms with E-state index in [-0.39, 0.29) is 11.9 Å². The van der Waals surface area contributed by atoms with Crippen molar-refractivity contribution in [3.63, 3.8) is 0 Å². The van der Waals surface area contributed by atoms with E-state index < -0.39 is 5.60 Å². The Balaban J connectivity index is 1.70. The number of carbonyl (C=O) groups is 1. The fraction of sp³-hybridized carbons (Fsp3) is 0.667. The highest BCUT2D eigenvalue weighted by Gasteiger charge is 2.47. The van der Waals surface area contributed by atoms with Gasteiger partial charge in [0.15, 0.2) is 5.60 Å². The van der Waals surface area contributed by atoms with E-state index in [2.05, 4.69) is 30.9 Å². The van der Waals surface area contributed by atoms with Crippen LogP contribution in [-0.2, 0) is 16.1 Å². The summed E-state index contributed by atoms with van der Waals surface area (Å²) in [7, 11) is 0. The fourth-order valence-corrected chi connectivity index (χ4v) is 4.04. The van der Waals surface area contributed by atoms with Crippen LogP contribution in [0.1, 0.15) is 45.6 Å². The van der Waals surface area contributed by atoms with Crippen molar-refractivity contribution in [3.05, 3.63) is 29.8 Å². The summed E-state index contributed by atoms with van der Waals surface area (Å²) in [4.78, 5) is 17.6. The standard InChI is InChI=1S/C21H32N2O3/c1-4-25-19-9-7-18(8-10-19)15-22-13-14-26-21(16-22)11-5-6-12-23(17(2)3)20(21)24/h7-10,17H,4-6,11-16H2,1-3H3. The zero-order valence-corrected chi connectivity index (χ0v) is 16.4. The summed E-state index contributed by atoms with van der Waals surface area (Å²) >= 11 is 0. The Bertz CT molecular complexity index is 602. The third-order valence-electron chi connectivity index (χ3n) is 5.41. The van der Waals surface area contributed by atoms with Crippen LogP contribution in [0.15, 0.2) is 24.3 Å². The van der Waals surface area contributed by atoms with Gasteiger partial charge < -0.3 is 14.4 Å². The molecule has 1 aromatic carbocycles. The molecule has 1 atom stereocenters. The van der Waals surface area contributed by atoms with Crippen LogP contribution < -0.4 is 4.74 Å². The molecule has 2 aliphatic heterocycles. The van der Waals surface area contributed by atoms with Crippen molar-refractivity contribution >= 4 is 5.91 Å². The molecule has 0 radical (unpaired) electrons. The molecular weight excluding hydrogens is 328 g/mol. The normalized spacial score (nSPS) is 24.9. The van der Waals surface area contributed by atoms with E-state index in [1.54, 1.807) is 0 Å². The van der Waals surface area contributed by atoms with Gasteiger partial charge in [0.25, 0.3) is 5.91 Å². The second-order valence-electron chi connectivity index (χ2n) is 7.68.